The third-order valence-corrected chi connectivity index (χ3v) is 6.39. The lowest BCUT2D eigenvalue weighted by atomic mass is 10.2. The third kappa shape index (κ3) is 5.35. The first-order chi connectivity index (χ1) is 14.6. The minimum atomic E-state index is 0.117. The average Bonchev–Trinajstić information content (AvgIpc) is 3.23. The summed E-state index contributed by atoms with van der Waals surface area (Å²) in [6.45, 7) is 4.05. The predicted octanol–water partition coefficient (Wildman–Crippen LogP) is 4.01. The van der Waals surface area contributed by atoms with Gasteiger partial charge in [0, 0.05) is 42.8 Å². The van der Waals surface area contributed by atoms with Gasteiger partial charge in [-0.2, -0.15) is 0 Å². The lowest BCUT2D eigenvalue weighted by Gasteiger charge is -2.34. The minimum absolute atomic E-state index is 0.117. The Hall–Kier alpha value is -2.06. The Morgan fingerprint density at radius 1 is 1.00 bits per heavy atom. The molecule has 0 N–H and O–H groups in total. The van der Waals surface area contributed by atoms with E-state index < -0.39 is 0 Å². The molecule has 156 valence electrons. The van der Waals surface area contributed by atoms with Crippen LogP contribution in [0.25, 0.3) is 5.69 Å². The number of benzene rings is 2. The van der Waals surface area contributed by atoms with Crippen LogP contribution < -0.4 is 0 Å². The molecule has 1 fully saturated rings. The molecule has 0 bridgehead atoms. The van der Waals surface area contributed by atoms with E-state index in [0.29, 0.717) is 15.9 Å². The maximum absolute atomic E-state index is 12.7. The fourth-order valence-electron chi connectivity index (χ4n) is 3.35. The number of carbonyl (C=O) groups excluding carboxylic acids is 1. The van der Waals surface area contributed by atoms with E-state index in [4.69, 9.17) is 23.2 Å². The van der Waals surface area contributed by atoms with Crippen molar-refractivity contribution in [2.24, 2.45) is 0 Å². The lowest BCUT2D eigenvalue weighted by molar-refractivity contribution is -0.130. The van der Waals surface area contributed by atoms with E-state index in [1.165, 1.54) is 17.3 Å². The molecule has 1 aliphatic heterocycles. The van der Waals surface area contributed by atoms with Gasteiger partial charge in [0.1, 0.15) is 6.33 Å². The molecule has 1 aromatic heterocycles. The van der Waals surface area contributed by atoms with Gasteiger partial charge < -0.3 is 4.90 Å². The highest BCUT2D eigenvalue weighted by Gasteiger charge is 2.22. The Morgan fingerprint density at radius 3 is 2.50 bits per heavy atom. The molecular weight excluding hydrogens is 441 g/mol. The summed E-state index contributed by atoms with van der Waals surface area (Å²) in [5, 5.41) is 10.2. The molecular formula is C21H21Cl2N5OS. The zero-order chi connectivity index (χ0) is 20.9. The molecule has 0 aliphatic carbocycles. The number of halogens is 2. The summed E-state index contributed by atoms with van der Waals surface area (Å²) < 4.78 is 1.84. The normalized spacial score (nSPS) is 14.8. The minimum Gasteiger partial charge on any atom is -0.339 e. The fraction of sp³-hybridized carbons (Fsp3) is 0.286. The first-order valence-corrected chi connectivity index (χ1v) is 11.4. The van der Waals surface area contributed by atoms with Crippen molar-refractivity contribution in [3.8, 4) is 5.69 Å². The highest BCUT2D eigenvalue weighted by atomic mass is 35.5. The van der Waals surface area contributed by atoms with E-state index >= 15 is 0 Å². The maximum Gasteiger partial charge on any atom is 0.233 e. The van der Waals surface area contributed by atoms with Crippen LogP contribution in [0.4, 0.5) is 0 Å². The number of amides is 1. The quantitative estimate of drug-likeness (QED) is 0.519. The van der Waals surface area contributed by atoms with Gasteiger partial charge in [0.2, 0.25) is 5.91 Å². The smallest absolute Gasteiger partial charge is 0.233 e. The predicted molar refractivity (Wildman–Crippen MR) is 120 cm³/mol. The van der Waals surface area contributed by atoms with Crippen LogP contribution in [0.3, 0.4) is 0 Å². The summed E-state index contributed by atoms with van der Waals surface area (Å²) in [7, 11) is 0. The van der Waals surface area contributed by atoms with Crippen molar-refractivity contribution in [1.82, 2.24) is 24.6 Å². The van der Waals surface area contributed by atoms with Gasteiger partial charge in [-0.3, -0.25) is 14.3 Å². The Morgan fingerprint density at radius 2 is 1.77 bits per heavy atom. The highest BCUT2D eigenvalue weighted by Crippen LogP contribution is 2.22. The van der Waals surface area contributed by atoms with E-state index in [-0.39, 0.29) is 5.91 Å². The Balaban J connectivity index is 1.28. The second kappa shape index (κ2) is 9.83. The molecule has 0 spiro atoms. The van der Waals surface area contributed by atoms with E-state index in [1.54, 1.807) is 6.33 Å². The van der Waals surface area contributed by atoms with E-state index in [9.17, 15) is 4.79 Å². The van der Waals surface area contributed by atoms with Crippen LogP contribution in [0, 0.1) is 0 Å². The Kier molecular flexibility index (Phi) is 6.94. The molecule has 4 rings (SSSR count). The van der Waals surface area contributed by atoms with Crippen molar-refractivity contribution in [3.63, 3.8) is 0 Å². The SMILES string of the molecule is O=C(CSc1nncn1-c1cccc(Cl)c1)N1CCN(Cc2ccc(Cl)cc2)CC1. The lowest BCUT2D eigenvalue weighted by Crippen LogP contribution is -2.48. The second-order valence-electron chi connectivity index (χ2n) is 7.04. The Bertz CT molecular complexity index is 1000. The molecule has 0 radical (unpaired) electrons. The van der Waals surface area contributed by atoms with Crippen LogP contribution in [0.2, 0.25) is 10.0 Å². The third-order valence-electron chi connectivity index (χ3n) is 4.97. The first kappa shape index (κ1) is 21.2. The van der Waals surface area contributed by atoms with Crippen LogP contribution in [-0.4, -0.2) is 62.4 Å². The molecule has 1 saturated heterocycles. The topological polar surface area (TPSA) is 54.3 Å². The number of hydrogen-bond donors (Lipinski definition) is 0. The zero-order valence-electron chi connectivity index (χ0n) is 16.2. The van der Waals surface area contributed by atoms with Crippen molar-refractivity contribution in [2.45, 2.75) is 11.7 Å². The second-order valence-corrected chi connectivity index (χ2v) is 8.85. The zero-order valence-corrected chi connectivity index (χ0v) is 18.6. The van der Waals surface area contributed by atoms with Crippen LogP contribution in [-0.2, 0) is 11.3 Å². The summed E-state index contributed by atoms with van der Waals surface area (Å²) in [6, 6.07) is 15.4. The van der Waals surface area contributed by atoms with Gasteiger partial charge in [-0.1, -0.05) is 53.2 Å². The standard InChI is InChI=1S/C21H21Cl2N5OS/c22-17-6-4-16(5-7-17)13-26-8-10-27(11-9-26)20(29)14-30-21-25-24-15-28(21)19-3-1-2-18(23)12-19/h1-7,12,15H,8-11,13-14H2. The summed E-state index contributed by atoms with van der Waals surface area (Å²) >= 11 is 13.4. The molecule has 0 atom stereocenters. The van der Waals surface area contributed by atoms with Gasteiger partial charge in [-0.15, -0.1) is 10.2 Å². The van der Waals surface area contributed by atoms with Crippen molar-refractivity contribution < 1.29 is 4.79 Å². The monoisotopic (exact) mass is 461 g/mol. The summed E-state index contributed by atoms with van der Waals surface area (Å²) in [5.41, 5.74) is 2.10. The molecule has 2 heterocycles. The summed E-state index contributed by atoms with van der Waals surface area (Å²) in [4.78, 5) is 17.0. The van der Waals surface area contributed by atoms with Gasteiger partial charge in [0.05, 0.1) is 11.4 Å². The Labute approximate surface area is 189 Å². The fourth-order valence-corrected chi connectivity index (χ4v) is 4.49. The number of nitrogens with zero attached hydrogens (tertiary/aromatic N) is 5. The van der Waals surface area contributed by atoms with Crippen LogP contribution >= 0.6 is 35.0 Å². The average molecular weight is 462 g/mol. The largest absolute Gasteiger partial charge is 0.339 e. The van der Waals surface area contributed by atoms with Gasteiger partial charge in [0.15, 0.2) is 5.16 Å². The van der Waals surface area contributed by atoms with Crippen LogP contribution in [0.1, 0.15) is 5.56 Å². The maximum atomic E-state index is 12.7. The molecule has 3 aromatic rings. The van der Waals surface area contributed by atoms with Crippen LogP contribution in [0.5, 0.6) is 0 Å². The van der Waals surface area contributed by atoms with Crippen molar-refractivity contribution in [1.29, 1.82) is 0 Å². The molecule has 2 aromatic carbocycles. The van der Waals surface area contributed by atoms with Crippen molar-refractivity contribution in [2.75, 3.05) is 31.9 Å². The van der Waals surface area contributed by atoms with E-state index in [0.717, 1.165) is 43.4 Å². The van der Waals surface area contributed by atoms with E-state index in [1.807, 2.05) is 58.0 Å². The van der Waals surface area contributed by atoms with E-state index in [2.05, 4.69) is 15.1 Å². The van der Waals surface area contributed by atoms with Gasteiger partial charge >= 0.3 is 0 Å². The number of thioether (sulfide) groups is 1. The summed E-state index contributed by atoms with van der Waals surface area (Å²) in [5.74, 6) is 0.447. The molecule has 6 nitrogen and oxygen atoms in total. The summed E-state index contributed by atoms with van der Waals surface area (Å²) in [6.07, 6.45) is 1.63. The first-order valence-electron chi connectivity index (χ1n) is 9.62. The molecule has 0 saturated carbocycles. The number of carbonyl (C=O) groups is 1. The molecule has 9 heteroatoms. The van der Waals surface area contributed by atoms with Gasteiger partial charge in [-0.05, 0) is 35.9 Å². The highest BCUT2D eigenvalue weighted by molar-refractivity contribution is 7.99. The molecule has 30 heavy (non-hydrogen) atoms. The number of piperazine rings is 1. The van der Waals surface area contributed by atoms with Crippen molar-refractivity contribution >= 4 is 40.9 Å². The number of rotatable bonds is 6. The number of hydrogen-bond acceptors (Lipinski definition) is 5. The van der Waals surface area contributed by atoms with Gasteiger partial charge in [0.25, 0.3) is 0 Å². The van der Waals surface area contributed by atoms with Crippen molar-refractivity contribution in [3.05, 3.63) is 70.5 Å². The molecule has 0 unspecified atom stereocenters. The van der Waals surface area contributed by atoms with Crippen LogP contribution in [0.15, 0.2) is 60.0 Å². The molecule has 1 amide bonds. The van der Waals surface area contributed by atoms with Gasteiger partial charge in [-0.25, -0.2) is 0 Å². The number of aromatic nitrogens is 3. The molecule has 1 aliphatic rings.